The average molecular weight is 380 g/mol. The summed E-state index contributed by atoms with van der Waals surface area (Å²) >= 11 is 1.70. The van der Waals surface area contributed by atoms with Crippen LogP contribution in [-0.4, -0.2) is 63.3 Å². The highest BCUT2D eigenvalue weighted by Gasteiger charge is 2.40. The summed E-state index contributed by atoms with van der Waals surface area (Å²) in [5.41, 5.74) is 2.45. The van der Waals surface area contributed by atoms with E-state index in [0.29, 0.717) is 6.04 Å². The Bertz CT molecular complexity index is 941. The maximum atomic E-state index is 4.79. The molecular weight excluding hydrogens is 354 g/mol. The lowest BCUT2D eigenvalue weighted by molar-refractivity contribution is 0.0143. The van der Waals surface area contributed by atoms with E-state index in [1.165, 1.54) is 61.9 Å². The molecule has 2 atom stereocenters. The smallest absolute Gasteiger partial charge is 0.123 e. The van der Waals surface area contributed by atoms with Crippen molar-refractivity contribution in [1.82, 2.24) is 24.6 Å². The van der Waals surface area contributed by atoms with Crippen molar-refractivity contribution in [3.8, 4) is 10.6 Å². The third-order valence-corrected chi connectivity index (χ3v) is 7.73. The molecule has 4 saturated heterocycles. The third kappa shape index (κ3) is 2.73. The fraction of sp³-hybridized carbons (Fsp3) is 0.524. The van der Waals surface area contributed by atoms with Crippen molar-refractivity contribution >= 4 is 22.2 Å². The van der Waals surface area contributed by atoms with Crippen molar-refractivity contribution < 1.29 is 0 Å². The molecule has 4 aliphatic rings. The van der Waals surface area contributed by atoms with Crippen LogP contribution in [-0.2, 0) is 0 Å². The van der Waals surface area contributed by atoms with Gasteiger partial charge in [0.05, 0.1) is 17.8 Å². The number of fused-ring (bicyclic) bond motifs is 4. The van der Waals surface area contributed by atoms with Gasteiger partial charge in [-0.2, -0.15) is 5.10 Å². The standard InChI is InChI=1S/C21H25N5S/c1-2-17-12-23-26(19(17)11-16(1)21-22-6-10-27-21)18-5-9-25(13-18)20-14-24-7-3-15(20)4-8-24/h1-2,6,10-12,15,18,20H,3-5,7-9,13-14H2/t18?,20-/m1/s1. The van der Waals surface area contributed by atoms with Gasteiger partial charge in [-0.25, -0.2) is 4.98 Å². The van der Waals surface area contributed by atoms with Gasteiger partial charge in [-0.05, 0) is 44.3 Å². The van der Waals surface area contributed by atoms with E-state index in [2.05, 4.69) is 37.7 Å². The van der Waals surface area contributed by atoms with E-state index < -0.39 is 0 Å². The first-order valence-corrected chi connectivity index (χ1v) is 11.1. The molecule has 7 rings (SSSR count). The molecule has 4 fully saturated rings. The van der Waals surface area contributed by atoms with Gasteiger partial charge in [0.2, 0.25) is 0 Å². The molecule has 5 nitrogen and oxygen atoms in total. The van der Waals surface area contributed by atoms with Gasteiger partial charge in [0.15, 0.2) is 0 Å². The summed E-state index contributed by atoms with van der Waals surface area (Å²) in [5, 5.41) is 9.15. The molecule has 0 saturated carbocycles. The average Bonchev–Trinajstić information content (AvgIpc) is 3.47. The van der Waals surface area contributed by atoms with Gasteiger partial charge in [-0.3, -0.25) is 9.58 Å². The molecule has 2 bridgehead atoms. The van der Waals surface area contributed by atoms with Crippen molar-refractivity contribution in [1.29, 1.82) is 0 Å². The van der Waals surface area contributed by atoms with Crippen LogP contribution in [0.15, 0.2) is 36.0 Å². The summed E-state index contributed by atoms with van der Waals surface area (Å²) in [4.78, 5) is 9.91. The summed E-state index contributed by atoms with van der Waals surface area (Å²) in [5.74, 6) is 0.916. The number of benzene rings is 1. The zero-order chi connectivity index (χ0) is 17.8. The molecule has 0 radical (unpaired) electrons. The van der Waals surface area contributed by atoms with Crippen LogP contribution >= 0.6 is 11.3 Å². The Labute approximate surface area is 163 Å². The van der Waals surface area contributed by atoms with Gasteiger partial charge in [0, 0.05) is 48.2 Å². The molecule has 0 amide bonds. The van der Waals surface area contributed by atoms with Gasteiger partial charge in [-0.1, -0.05) is 12.1 Å². The summed E-state index contributed by atoms with van der Waals surface area (Å²) < 4.78 is 2.29. The predicted molar refractivity (Wildman–Crippen MR) is 109 cm³/mol. The van der Waals surface area contributed by atoms with Gasteiger partial charge >= 0.3 is 0 Å². The van der Waals surface area contributed by atoms with Gasteiger partial charge in [-0.15, -0.1) is 11.3 Å². The highest BCUT2D eigenvalue weighted by molar-refractivity contribution is 7.13. The molecule has 2 aromatic heterocycles. The van der Waals surface area contributed by atoms with Gasteiger partial charge in [0.1, 0.15) is 5.01 Å². The van der Waals surface area contributed by atoms with Crippen LogP contribution in [0.1, 0.15) is 25.3 Å². The van der Waals surface area contributed by atoms with E-state index in [1.54, 1.807) is 11.3 Å². The van der Waals surface area contributed by atoms with Crippen LogP contribution in [0, 0.1) is 5.92 Å². The summed E-state index contributed by atoms with van der Waals surface area (Å²) in [7, 11) is 0. The fourth-order valence-electron chi connectivity index (χ4n) is 5.44. The number of rotatable bonds is 3. The van der Waals surface area contributed by atoms with Crippen LogP contribution in [0.2, 0.25) is 0 Å². The monoisotopic (exact) mass is 379 g/mol. The van der Waals surface area contributed by atoms with Crippen LogP contribution < -0.4 is 0 Å². The zero-order valence-electron chi connectivity index (χ0n) is 15.5. The first kappa shape index (κ1) is 16.2. The van der Waals surface area contributed by atoms with Crippen LogP contribution in [0.25, 0.3) is 21.5 Å². The highest BCUT2D eigenvalue weighted by Crippen LogP contribution is 2.36. The molecule has 6 heteroatoms. The molecule has 27 heavy (non-hydrogen) atoms. The summed E-state index contributed by atoms with van der Waals surface area (Å²) in [6.07, 6.45) is 7.91. The highest BCUT2D eigenvalue weighted by atomic mass is 32.1. The molecule has 4 aliphatic heterocycles. The Morgan fingerprint density at radius 2 is 1.96 bits per heavy atom. The molecule has 6 heterocycles. The molecular formula is C21H25N5S. The minimum atomic E-state index is 0.490. The fourth-order valence-corrected chi connectivity index (χ4v) is 6.08. The Balaban J connectivity index is 1.27. The van der Waals surface area contributed by atoms with Crippen LogP contribution in [0.5, 0.6) is 0 Å². The van der Waals surface area contributed by atoms with Crippen LogP contribution in [0.4, 0.5) is 0 Å². The summed E-state index contributed by atoms with van der Waals surface area (Å²) in [6.45, 7) is 6.29. The second-order valence-electron chi connectivity index (χ2n) is 8.34. The molecule has 1 aromatic carbocycles. The number of aromatic nitrogens is 3. The van der Waals surface area contributed by atoms with E-state index in [9.17, 15) is 0 Å². The number of nitrogens with zero attached hydrogens (tertiary/aromatic N) is 5. The Kier molecular flexibility index (Phi) is 3.84. The SMILES string of the molecule is c1csc(-c2ccc3cnn(C4CCN([C@@H]5CN6CCC5CC6)C4)c3c2)n1. The summed E-state index contributed by atoms with van der Waals surface area (Å²) in [6, 6.07) is 7.89. The Morgan fingerprint density at radius 1 is 1.04 bits per heavy atom. The maximum Gasteiger partial charge on any atom is 0.123 e. The lowest BCUT2D eigenvalue weighted by Crippen LogP contribution is -2.56. The zero-order valence-corrected chi connectivity index (χ0v) is 16.3. The largest absolute Gasteiger partial charge is 0.302 e. The first-order chi connectivity index (χ1) is 13.3. The number of piperidine rings is 3. The quantitative estimate of drug-likeness (QED) is 0.698. The van der Waals surface area contributed by atoms with Crippen molar-refractivity contribution in [2.24, 2.45) is 5.92 Å². The second kappa shape index (κ2) is 6.40. The molecule has 1 unspecified atom stereocenters. The molecule has 3 aromatic rings. The third-order valence-electron chi connectivity index (χ3n) is 6.91. The lowest BCUT2D eigenvalue weighted by atomic mass is 9.83. The van der Waals surface area contributed by atoms with E-state index in [0.717, 1.165) is 23.5 Å². The van der Waals surface area contributed by atoms with Crippen molar-refractivity contribution in [3.05, 3.63) is 36.0 Å². The topological polar surface area (TPSA) is 37.2 Å². The number of likely N-dealkylation sites (tertiary alicyclic amines) is 1. The normalized spacial score (nSPS) is 31.1. The van der Waals surface area contributed by atoms with Gasteiger partial charge < -0.3 is 4.90 Å². The second-order valence-corrected chi connectivity index (χ2v) is 9.24. The minimum absolute atomic E-state index is 0.490. The number of hydrogen-bond acceptors (Lipinski definition) is 5. The molecule has 0 spiro atoms. The molecule has 140 valence electrons. The maximum absolute atomic E-state index is 4.79. The van der Waals surface area contributed by atoms with E-state index in [4.69, 9.17) is 5.10 Å². The van der Waals surface area contributed by atoms with Crippen LogP contribution in [0.3, 0.4) is 0 Å². The Morgan fingerprint density at radius 3 is 2.74 bits per heavy atom. The minimum Gasteiger partial charge on any atom is -0.302 e. The van der Waals surface area contributed by atoms with E-state index >= 15 is 0 Å². The number of thiazole rings is 1. The Hall–Kier alpha value is -1.76. The molecule has 0 aliphatic carbocycles. The van der Waals surface area contributed by atoms with Crippen molar-refractivity contribution in [2.75, 3.05) is 32.7 Å². The van der Waals surface area contributed by atoms with E-state index in [1.807, 2.05) is 17.8 Å². The first-order valence-electron chi connectivity index (χ1n) is 10.2. The van der Waals surface area contributed by atoms with Crippen molar-refractivity contribution in [2.45, 2.75) is 31.3 Å². The predicted octanol–water partition coefficient (Wildman–Crippen LogP) is 3.50. The number of hydrogen-bond donors (Lipinski definition) is 0. The van der Waals surface area contributed by atoms with Gasteiger partial charge in [0.25, 0.3) is 0 Å². The molecule has 0 N–H and O–H groups in total. The van der Waals surface area contributed by atoms with Crippen molar-refractivity contribution in [3.63, 3.8) is 0 Å². The lowest BCUT2D eigenvalue weighted by Gasteiger charge is -2.48. The van der Waals surface area contributed by atoms with E-state index in [-0.39, 0.29) is 0 Å².